The van der Waals surface area contributed by atoms with Crippen LogP contribution in [0.5, 0.6) is 0 Å². The van der Waals surface area contributed by atoms with Crippen molar-refractivity contribution in [1.82, 2.24) is 9.55 Å². The molecule has 2 aromatic rings. The van der Waals surface area contributed by atoms with Crippen LogP contribution in [0.4, 0.5) is 4.39 Å². The predicted molar refractivity (Wildman–Crippen MR) is 78.0 cm³/mol. The maximum atomic E-state index is 13.4. The maximum Gasteiger partial charge on any atom is 0.127 e. The molecule has 0 saturated heterocycles. The van der Waals surface area contributed by atoms with E-state index in [1.807, 2.05) is 11.5 Å². The van der Waals surface area contributed by atoms with Crippen LogP contribution in [-0.4, -0.2) is 9.55 Å². The second-order valence-electron chi connectivity index (χ2n) is 6.18. The molecule has 1 heterocycles. The molecular formula is C15H20ClFN2. The van der Waals surface area contributed by atoms with Gasteiger partial charge in [-0.3, -0.25) is 0 Å². The number of hydrogen-bond acceptors (Lipinski definition) is 1. The van der Waals surface area contributed by atoms with Crippen molar-refractivity contribution in [2.75, 3.05) is 0 Å². The van der Waals surface area contributed by atoms with Gasteiger partial charge in [-0.2, -0.15) is 0 Å². The molecule has 2 rings (SSSR count). The van der Waals surface area contributed by atoms with Crippen LogP contribution in [0.3, 0.4) is 0 Å². The fourth-order valence-corrected chi connectivity index (χ4v) is 2.27. The first-order valence-electron chi connectivity index (χ1n) is 6.58. The fraction of sp³-hybridized carbons (Fsp3) is 0.533. The quantitative estimate of drug-likeness (QED) is 0.731. The Balaban J connectivity index is 2.48. The van der Waals surface area contributed by atoms with E-state index >= 15 is 0 Å². The molecular weight excluding hydrogens is 263 g/mol. The van der Waals surface area contributed by atoms with E-state index in [4.69, 9.17) is 11.6 Å². The van der Waals surface area contributed by atoms with Crippen molar-refractivity contribution in [3.8, 4) is 0 Å². The lowest BCUT2D eigenvalue weighted by Gasteiger charge is -2.20. The largest absolute Gasteiger partial charge is 0.327 e. The summed E-state index contributed by atoms with van der Waals surface area (Å²) in [5, 5.41) is -0.185. The lowest BCUT2D eigenvalue weighted by atomic mass is 9.92. The maximum absolute atomic E-state index is 13.4. The highest BCUT2D eigenvalue weighted by molar-refractivity contribution is 6.20. The van der Waals surface area contributed by atoms with Crippen LogP contribution < -0.4 is 0 Å². The number of hydrogen-bond donors (Lipinski definition) is 0. The summed E-state index contributed by atoms with van der Waals surface area (Å²) < 4.78 is 15.5. The average Bonchev–Trinajstić information content (AvgIpc) is 2.63. The molecule has 19 heavy (non-hydrogen) atoms. The van der Waals surface area contributed by atoms with Gasteiger partial charge in [0.25, 0.3) is 0 Å². The van der Waals surface area contributed by atoms with E-state index in [1.165, 1.54) is 12.1 Å². The van der Waals surface area contributed by atoms with Gasteiger partial charge in [-0.1, -0.05) is 20.8 Å². The molecule has 0 saturated carbocycles. The Morgan fingerprint density at radius 3 is 2.63 bits per heavy atom. The summed E-state index contributed by atoms with van der Waals surface area (Å²) in [5.41, 5.74) is 1.85. The summed E-state index contributed by atoms with van der Waals surface area (Å²) in [5.74, 6) is 0.574. The number of aromatic nitrogens is 2. The third kappa shape index (κ3) is 3.27. The number of nitrogens with zero attached hydrogens (tertiary/aromatic N) is 2. The van der Waals surface area contributed by atoms with Gasteiger partial charge in [-0.25, -0.2) is 9.37 Å². The monoisotopic (exact) mass is 282 g/mol. The van der Waals surface area contributed by atoms with Gasteiger partial charge in [0.1, 0.15) is 11.6 Å². The molecule has 2 nitrogen and oxygen atoms in total. The van der Waals surface area contributed by atoms with Crippen molar-refractivity contribution in [3.05, 3.63) is 29.8 Å². The summed E-state index contributed by atoms with van der Waals surface area (Å²) in [4.78, 5) is 4.52. The van der Waals surface area contributed by atoms with Gasteiger partial charge in [0, 0.05) is 6.54 Å². The Kier molecular flexibility index (Phi) is 3.86. The second kappa shape index (κ2) is 5.12. The molecule has 0 aliphatic carbocycles. The molecule has 0 radical (unpaired) electrons. The summed E-state index contributed by atoms with van der Waals surface area (Å²) >= 11 is 6.19. The van der Waals surface area contributed by atoms with E-state index in [0.29, 0.717) is 0 Å². The van der Waals surface area contributed by atoms with Crippen LogP contribution in [0.1, 0.15) is 45.3 Å². The van der Waals surface area contributed by atoms with E-state index in [1.54, 1.807) is 6.07 Å². The van der Waals surface area contributed by atoms with Crippen molar-refractivity contribution in [3.63, 3.8) is 0 Å². The van der Waals surface area contributed by atoms with E-state index < -0.39 is 0 Å². The van der Waals surface area contributed by atoms with Gasteiger partial charge in [0.15, 0.2) is 0 Å². The molecule has 4 heteroatoms. The fourth-order valence-electron chi connectivity index (χ4n) is 2.10. The van der Waals surface area contributed by atoms with Crippen LogP contribution in [-0.2, 0) is 6.54 Å². The molecule has 1 aromatic heterocycles. The molecule has 0 spiro atoms. The van der Waals surface area contributed by atoms with Crippen molar-refractivity contribution in [2.45, 2.75) is 46.0 Å². The van der Waals surface area contributed by atoms with Crippen molar-refractivity contribution in [1.29, 1.82) is 0 Å². The second-order valence-corrected chi connectivity index (χ2v) is 6.84. The number of imidazole rings is 1. The van der Waals surface area contributed by atoms with E-state index in [9.17, 15) is 4.39 Å². The summed E-state index contributed by atoms with van der Waals surface area (Å²) in [6, 6.07) is 4.68. The topological polar surface area (TPSA) is 17.8 Å². The molecule has 0 aliphatic rings. The van der Waals surface area contributed by atoms with Crippen molar-refractivity contribution >= 4 is 22.6 Å². The minimum absolute atomic E-state index is 0.185. The number of fused-ring (bicyclic) bond motifs is 1. The number of aryl methyl sites for hydroxylation is 1. The normalized spacial score (nSPS) is 14.0. The van der Waals surface area contributed by atoms with Crippen molar-refractivity contribution in [2.24, 2.45) is 5.41 Å². The Hall–Kier alpha value is -1.09. The van der Waals surface area contributed by atoms with Gasteiger partial charge in [-0.05, 0) is 37.0 Å². The number of rotatable bonds is 3. The van der Waals surface area contributed by atoms with Crippen LogP contribution in [0.25, 0.3) is 11.0 Å². The Labute approximate surface area is 118 Å². The highest BCUT2D eigenvalue weighted by Gasteiger charge is 2.18. The minimum Gasteiger partial charge on any atom is -0.327 e. The van der Waals surface area contributed by atoms with Gasteiger partial charge in [0.2, 0.25) is 0 Å². The minimum atomic E-state index is -0.238. The zero-order chi connectivity index (χ0) is 14.2. The first kappa shape index (κ1) is 14.3. The molecule has 0 aliphatic heterocycles. The van der Waals surface area contributed by atoms with E-state index in [2.05, 4.69) is 25.8 Å². The molecule has 0 amide bonds. The average molecular weight is 283 g/mol. The molecule has 104 valence electrons. The highest BCUT2D eigenvalue weighted by atomic mass is 35.5. The summed E-state index contributed by atoms with van der Waals surface area (Å²) in [7, 11) is 0. The predicted octanol–water partition coefficient (Wildman–Crippen LogP) is 4.91. The van der Waals surface area contributed by atoms with Crippen molar-refractivity contribution < 1.29 is 4.39 Å². The smallest absolute Gasteiger partial charge is 0.127 e. The first-order valence-corrected chi connectivity index (χ1v) is 7.01. The molecule has 0 bridgehead atoms. The first-order chi connectivity index (χ1) is 8.78. The SMILES string of the molecule is CC(Cl)c1nc2ccc(F)cc2n1CCC(C)(C)C. The molecule has 1 unspecified atom stereocenters. The van der Waals surface area contributed by atoms with E-state index in [0.717, 1.165) is 29.8 Å². The van der Waals surface area contributed by atoms with Gasteiger partial charge in [0.05, 0.1) is 16.4 Å². The lowest BCUT2D eigenvalue weighted by molar-refractivity contribution is 0.350. The summed E-state index contributed by atoms with van der Waals surface area (Å²) in [6.07, 6.45) is 0.992. The van der Waals surface area contributed by atoms with Gasteiger partial charge < -0.3 is 4.57 Å². The third-order valence-corrected chi connectivity index (χ3v) is 3.38. The van der Waals surface area contributed by atoms with E-state index in [-0.39, 0.29) is 16.6 Å². The number of halogens is 2. The highest BCUT2D eigenvalue weighted by Crippen LogP contribution is 2.28. The molecule has 1 atom stereocenters. The van der Waals surface area contributed by atoms with Crippen LogP contribution in [0.15, 0.2) is 18.2 Å². The standard InChI is InChI=1S/C15H20ClFN2/c1-10(16)14-18-12-6-5-11(17)9-13(12)19(14)8-7-15(2,3)4/h5-6,9-10H,7-8H2,1-4H3. The zero-order valence-corrected chi connectivity index (χ0v) is 12.6. The van der Waals surface area contributed by atoms with Crippen LogP contribution in [0, 0.1) is 11.2 Å². The number of benzene rings is 1. The molecule has 1 aromatic carbocycles. The van der Waals surface area contributed by atoms with Gasteiger partial charge >= 0.3 is 0 Å². The van der Waals surface area contributed by atoms with Crippen LogP contribution in [0.2, 0.25) is 0 Å². The third-order valence-electron chi connectivity index (χ3n) is 3.18. The Bertz CT molecular complexity index is 582. The summed E-state index contributed by atoms with van der Waals surface area (Å²) in [6.45, 7) is 9.27. The molecule has 0 N–H and O–H groups in total. The van der Waals surface area contributed by atoms with Crippen LogP contribution >= 0.6 is 11.6 Å². The Morgan fingerprint density at radius 2 is 2.05 bits per heavy atom. The lowest BCUT2D eigenvalue weighted by Crippen LogP contribution is -2.12. The zero-order valence-electron chi connectivity index (χ0n) is 11.9. The molecule has 0 fully saturated rings. The van der Waals surface area contributed by atoms with Gasteiger partial charge in [-0.15, -0.1) is 11.6 Å². The Morgan fingerprint density at radius 1 is 1.37 bits per heavy atom. The number of alkyl halides is 1.